The standard InChI is InChI=1S/2C8H9NO2/c2*1-6-3-4-7(2)8(5-6)9(10)11/h2*3-5H,1-2H3. The fraction of sp³-hybridized carbons (Fsp3) is 0.250. The lowest BCUT2D eigenvalue weighted by atomic mass is 10.1. The van der Waals surface area contributed by atoms with E-state index in [1.54, 1.807) is 38.1 Å². The van der Waals surface area contributed by atoms with Crippen molar-refractivity contribution in [3.63, 3.8) is 0 Å². The molecule has 0 amide bonds. The SMILES string of the molecule is Cc1ccc(C)c([N+](=O)[O-])c1.Cc1ccc(C)c([N+](=O)[O-])c1. The second-order valence-electron chi connectivity index (χ2n) is 5.09. The molecule has 0 aliphatic rings. The van der Waals surface area contributed by atoms with Crippen molar-refractivity contribution in [1.82, 2.24) is 0 Å². The third-order valence-corrected chi connectivity index (χ3v) is 3.12. The number of benzene rings is 2. The molecule has 0 aromatic heterocycles. The zero-order chi connectivity index (χ0) is 16.9. The number of nitrogens with zero attached hydrogens (tertiary/aromatic N) is 2. The summed E-state index contributed by atoms with van der Waals surface area (Å²) in [5.74, 6) is 0. The molecule has 0 N–H and O–H groups in total. The molecule has 0 bridgehead atoms. The van der Waals surface area contributed by atoms with Gasteiger partial charge in [0.2, 0.25) is 0 Å². The van der Waals surface area contributed by atoms with E-state index in [0.717, 1.165) is 11.1 Å². The molecule has 116 valence electrons. The first-order chi connectivity index (χ1) is 10.2. The molecule has 0 saturated heterocycles. The Morgan fingerprint density at radius 2 is 1.00 bits per heavy atom. The average molecular weight is 302 g/mol. The molecule has 0 spiro atoms. The zero-order valence-corrected chi connectivity index (χ0v) is 13.0. The number of hydrogen-bond acceptors (Lipinski definition) is 4. The molecule has 6 heteroatoms. The van der Waals surface area contributed by atoms with Crippen LogP contribution in [0.15, 0.2) is 36.4 Å². The monoisotopic (exact) mass is 302 g/mol. The Morgan fingerprint density at radius 1 is 0.682 bits per heavy atom. The summed E-state index contributed by atoms with van der Waals surface area (Å²) < 4.78 is 0. The number of aryl methyl sites for hydroxylation is 4. The molecule has 2 rings (SSSR count). The highest BCUT2D eigenvalue weighted by molar-refractivity contribution is 5.42. The van der Waals surface area contributed by atoms with Gasteiger partial charge in [-0.25, -0.2) is 0 Å². The molecule has 2 aromatic rings. The lowest BCUT2D eigenvalue weighted by Crippen LogP contribution is -1.91. The maximum absolute atomic E-state index is 10.4. The van der Waals surface area contributed by atoms with E-state index in [9.17, 15) is 20.2 Å². The van der Waals surface area contributed by atoms with Crippen LogP contribution in [0.3, 0.4) is 0 Å². The summed E-state index contributed by atoms with van der Waals surface area (Å²) in [5, 5.41) is 20.8. The number of rotatable bonds is 2. The van der Waals surface area contributed by atoms with Gasteiger partial charge in [0.15, 0.2) is 0 Å². The summed E-state index contributed by atoms with van der Waals surface area (Å²) in [6.07, 6.45) is 0. The van der Waals surface area contributed by atoms with E-state index in [1.165, 1.54) is 0 Å². The Bertz CT molecular complexity index is 650. The largest absolute Gasteiger partial charge is 0.272 e. The molecule has 0 heterocycles. The topological polar surface area (TPSA) is 86.3 Å². The first-order valence-corrected chi connectivity index (χ1v) is 6.65. The van der Waals surface area contributed by atoms with Crippen LogP contribution in [0.25, 0.3) is 0 Å². The van der Waals surface area contributed by atoms with Gasteiger partial charge in [0.25, 0.3) is 11.4 Å². The highest BCUT2D eigenvalue weighted by Crippen LogP contribution is 2.18. The van der Waals surface area contributed by atoms with E-state index in [0.29, 0.717) is 11.1 Å². The van der Waals surface area contributed by atoms with Gasteiger partial charge in [0, 0.05) is 23.3 Å². The average Bonchev–Trinajstić information content (AvgIpc) is 2.44. The van der Waals surface area contributed by atoms with E-state index in [1.807, 2.05) is 26.0 Å². The molecular weight excluding hydrogens is 284 g/mol. The number of nitro benzene ring substituents is 2. The summed E-state index contributed by atoms with van der Waals surface area (Å²) in [6, 6.07) is 10.4. The summed E-state index contributed by atoms with van der Waals surface area (Å²) in [4.78, 5) is 20.0. The minimum absolute atomic E-state index is 0.199. The van der Waals surface area contributed by atoms with Crippen molar-refractivity contribution in [3.05, 3.63) is 78.9 Å². The fourth-order valence-corrected chi connectivity index (χ4v) is 1.83. The summed E-state index contributed by atoms with van der Waals surface area (Å²) in [7, 11) is 0. The predicted octanol–water partition coefficient (Wildman–Crippen LogP) is 4.42. The van der Waals surface area contributed by atoms with Crippen molar-refractivity contribution in [3.8, 4) is 0 Å². The van der Waals surface area contributed by atoms with Crippen LogP contribution < -0.4 is 0 Å². The van der Waals surface area contributed by atoms with E-state index in [-0.39, 0.29) is 21.2 Å². The predicted molar refractivity (Wildman–Crippen MR) is 85.1 cm³/mol. The third kappa shape index (κ3) is 4.66. The smallest absolute Gasteiger partial charge is 0.258 e. The number of nitro groups is 2. The second kappa shape index (κ2) is 7.31. The van der Waals surface area contributed by atoms with Crippen molar-refractivity contribution in [2.45, 2.75) is 27.7 Å². The molecule has 0 radical (unpaired) electrons. The molecule has 0 aliphatic heterocycles. The van der Waals surface area contributed by atoms with Gasteiger partial charge in [0.1, 0.15) is 0 Å². The van der Waals surface area contributed by atoms with E-state index >= 15 is 0 Å². The minimum atomic E-state index is -0.359. The van der Waals surface area contributed by atoms with Crippen molar-refractivity contribution in [2.24, 2.45) is 0 Å². The first kappa shape index (κ1) is 17.3. The third-order valence-electron chi connectivity index (χ3n) is 3.12. The van der Waals surface area contributed by atoms with Gasteiger partial charge in [-0.1, -0.05) is 24.3 Å². The highest BCUT2D eigenvalue weighted by Gasteiger charge is 2.09. The van der Waals surface area contributed by atoms with Crippen molar-refractivity contribution in [2.75, 3.05) is 0 Å². The van der Waals surface area contributed by atoms with Crippen LogP contribution in [0.4, 0.5) is 11.4 Å². The number of hydrogen-bond donors (Lipinski definition) is 0. The Morgan fingerprint density at radius 3 is 1.23 bits per heavy atom. The van der Waals surface area contributed by atoms with Gasteiger partial charge >= 0.3 is 0 Å². The molecule has 0 fully saturated rings. The normalized spacial score (nSPS) is 9.64. The summed E-state index contributed by atoms with van der Waals surface area (Å²) in [6.45, 7) is 7.15. The molecule has 0 saturated carbocycles. The molecule has 22 heavy (non-hydrogen) atoms. The maximum atomic E-state index is 10.4. The Kier molecular flexibility index (Phi) is 5.74. The molecule has 0 atom stereocenters. The minimum Gasteiger partial charge on any atom is -0.258 e. The highest BCUT2D eigenvalue weighted by atomic mass is 16.6. The second-order valence-corrected chi connectivity index (χ2v) is 5.09. The van der Waals surface area contributed by atoms with Gasteiger partial charge in [-0.15, -0.1) is 0 Å². The molecule has 2 aromatic carbocycles. The molecule has 0 aliphatic carbocycles. The van der Waals surface area contributed by atoms with Crippen LogP contribution in [0.2, 0.25) is 0 Å². The summed E-state index contributed by atoms with van der Waals surface area (Å²) in [5.41, 5.74) is 3.65. The summed E-state index contributed by atoms with van der Waals surface area (Å²) >= 11 is 0. The van der Waals surface area contributed by atoms with Crippen LogP contribution in [-0.4, -0.2) is 9.85 Å². The maximum Gasteiger partial charge on any atom is 0.272 e. The van der Waals surface area contributed by atoms with Crippen LogP contribution in [0.5, 0.6) is 0 Å². The van der Waals surface area contributed by atoms with Crippen LogP contribution in [-0.2, 0) is 0 Å². The van der Waals surface area contributed by atoms with Crippen LogP contribution in [0.1, 0.15) is 22.3 Å². The Labute approximate surface area is 128 Å². The van der Waals surface area contributed by atoms with E-state index < -0.39 is 0 Å². The fourth-order valence-electron chi connectivity index (χ4n) is 1.83. The van der Waals surface area contributed by atoms with Gasteiger partial charge < -0.3 is 0 Å². The van der Waals surface area contributed by atoms with E-state index in [2.05, 4.69) is 0 Å². The van der Waals surface area contributed by atoms with Crippen LogP contribution >= 0.6 is 0 Å². The van der Waals surface area contributed by atoms with Gasteiger partial charge in [-0.3, -0.25) is 20.2 Å². The lowest BCUT2D eigenvalue weighted by molar-refractivity contribution is -0.385. The Balaban J connectivity index is 0.000000220. The molecular formula is C16H18N2O4. The van der Waals surface area contributed by atoms with Gasteiger partial charge in [-0.05, 0) is 38.8 Å². The van der Waals surface area contributed by atoms with E-state index in [4.69, 9.17) is 0 Å². The first-order valence-electron chi connectivity index (χ1n) is 6.65. The van der Waals surface area contributed by atoms with Crippen molar-refractivity contribution < 1.29 is 9.85 Å². The molecule has 0 unspecified atom stereocenters. The lowest BCUT2D eigenvalue weighted by Gasteiger charge is -1.96. The van der Waals surface area contributed by atoms with Gasteiger partial charge in [0.05, 0.1) is 9.85 Å². The zero-order valence-electron chi connectivity index (χ0n) is 13.0. The molecule has 6 nitrogen and oxygen atoms in total. The quantitative estimate of drug-likeness (QED) is 0.606. The van der Waals surface area contributed by atoms with Gasteiger partial charge in [-0.2, -0.15) is 0 Å². The van der Waals surface area contributed by atoms with Crippen molar-refractivity contribution in [1.29, 1.82) is 0 Å². The van der Waals surface area contributed by atoms with Crippen LogP contribution in [0, 0.1) is 47.9 Å². The Hall–Kier alpha value is -2.76. The van der Waals surface area contributed by atoms with Crippen molar-refractivity contribution >= 4 is 11.4 Å².